The van der Waals surface area contributed by atoms with Crippen molar-refractivity contribution in [2.75, 3.05) is 14.2 Å². The molecule has 28 heavy (non-hydrogen) atoms. The molecule has 0 spiro atoms. The van der Waals surface area contributed by atoms with Crippen molar-refractivity contribution >= 4 is 23.1 Å². The van der Waals surface area contributed by atoms with Crippen molar-refractivity contribution in [3.63, 3.8) is 0 Å². The van der Waals surface area contributed by atoms with Crippen LogP contribution in [0.25, 0.3) is 5.57 Å². The van der Waals surface area contributed by atoms with E-state index >= 15 is 0 Å². The summed E-state index contributed by atoms with van der Waals surface area (Å²) in [6.45, 7) is 2.97. The van der Waals surface area contributed by atoms with E-state index in [-0.39, 0.29) is 6.61 Å². The summed E-state index contributed by atoms with van der Waals surface area (Å²) in [7, 11) is 2.83. The molecule has 6 nitrogen and oxygen atoms in total. The molecule has 0 atom stereocenters. The Balaban J connectivity index is 1.79. The molecule has 1 aliphatic rings. The third-order valence-electron chi connectivity index (χ3n) is 5.04. The molecule has 0 bridgehead atoms. The second kappa shape index (κ2) is 9.15. The Labute approximate surface area is 170 Å². The number of esters is 1. The zero-order valence-electron chi connectivity index (χ0n) is 16.4. The summed E-state index contributed by atoms with van der Waals surface area (Å²) < 4.78 is 17.7. The maximum Gasteiger partial charge on any atom is 0.341 e. The van der Waals surface area contributed by atoms with E-state index in [1.165, 1.54) is 39.7 Å². The molecule has 0 amide bonds. The van der Waals surface area contributed by atoms with Crippen molar-refractivity contribution in [3.05, 3.63) is 52.4 Å². The van der Waals surface area contributed by atoms with Crippen molar-refractivity contribution in [1.82, 2.24) is 9.78 Å². The number of halogens is 1. The van der Waals surface area contributed by atoms with Crippen molar-refractivity contribution < 1.29 is 19.0 Å². The molecule has 0 saturated heterocycles. The Morgan fingerprint density at radius 2 is 2.07 bits per heavy atom. The van der Waals surface area contributed by atoms with Gasteiger partial charge in [0, 0.05) is 12.1 Å². The quantitative estimate of drug-likeness (QED) is 0.371. The van der Waals surface area contributed by atoms with Crippen LogP contribution < -0.4 is 4.74 Å². The number of hydrogen-bond donors (Lipinski definition) is 0. The maximum atomic E-state index is 12.1. The Morgan fingerprint density at radius 1 is 1.32 bits per heavy atom. The van der Waals surface area contributed by atoms with Gasteiger partial charge >= 0.3 is 5.97 Å². The normalized spacial score (nSPS) is 14.5. The van der Waals surface area contributed by atoms with Crippen molar-refractivity contribution in [3.8, 4) is 5.88 Å². The minimum atomic E-state index is -0.474. The lowest BCUT2D eigenvalue weighted by Crippen LogP contribution is -2.18. The predicted octanol–water partition coefficient (Wildman–Crippen LogP) is 4.38. The summed E-state index contributed by atoms with van der Waals surface area (Å²) in [5, 5.41) is 5.16. The van der Waals surface area contributed by atoms with Gasteiger partial charge in [-0.1, -0.05) is 42.3 Å². The largest absolute Gasteiger partial charge is 0.503 e. The SMILES string of the molecule is CO/C=C(/C(=O)OC)c1ccccc1COc1nn(CC2CCC2)c(Cl)c1C. The number of carbonyl (C=O) groups excluding carboxylic acids is 1. The summed E-state index contributed by atoms with van der Waals surface area (Å²) in [4.78, 5) is 12.1. The molecule has 0 unspecified atom stereocenters. The third kappa shape index (κ3) is 4.33. The highest BCUT2D eigenvalue weighted by atomic mass is 35.5. The molecule has 1 aromatic carbocycles. The fraction of sp³-hybridized carbons (Fsp3) is 0.429. The highest BCUT2D eigenvalue weighted by molar-refractivity contribution is 6.30. The van der Waals surface area contributed by atoms with E-state index in [0.29, 0.717) is 28.1 Å². The van der Waals surface area contributed by atoms with Gasteiger partial charge in [0.15, 0.2) is 0 Å². The minimum absolute atomic E-state index is 0.242. The van der Waals surface area contributed by atoms with E-state index in [2.05, 4.69) is 5.10 Å². The predicted molar refractivity (Wildman–Crippen MR) is 107 cm³/mol. The maximum absolute atomic E-state index is 12.1. The topological polar surface area (TPSA) is 62.6 Å². The second-order valence-corrected chi connectivity index (χ2v) is 7.26. The van der Waals surface area contributed by atoms with Crippen LogP contribution in [0.4, 0.5) is 0 Å². The van der Waals surface area contributed by atoms with Gasteiger partial charge in [-0.2, -0.15) is 0 Å². The monoisotopic (exact) mass is 404 g/mol. The molecule has 150 valence electrons. The van der Waals surface area contributed by atoms with Gasteiger partial charge in [-0.3, -0.25) is 0 Å². The van der Waals surface area contributed by atoms with E-state index in [9.17, 15) is 4.79 Å². The average Bonchev–Trinajstić information content (AvgIpc) is 2.95. The minimum Gasteiger partial charge on any atom is -0.503 e. The van der Waals surface area contributed by atoms with Crippen LogP contribution in [-0.4, -0.2) is 30.0 Å². The first-order chi connectivity index (χ1) is 13.5. The number of rotatable bonds is 8. The number of methoxy groups -OCH3 is 2. The molecule has 1 fully saturated rings. The van der Waals surface area contributed by atoms with E-state index < -0.39 is 5.97 Å². The lowest BCUT2D eigenvalue weighted by atomic mass is 9.85. The highest BCUT2D eigenvalue weighted by Crippen LogP contribution is 2.32. The smallest absolute Gasteiger partial charge is 0.341 e. The number of ether oxygens (including phenoxy) is 3. The molecule has 1 aliphatic carbocycles. The van der Waals surface area contributed by atoms with Crippen LogP contribution in [0.1, 0.15) is 36.0 Å². The lowest BCUT2D eigenvalue weighted by Gasteiger charge is -2.25. The van der Waals surface area contributed by atoms with Gasteiger partial charge in [-0.25, -0.2) is 9.48 Å². The number of carbonyl (C=O) groups is 1. The van der Waals surface area contributed by atoms with E-state index in [0.717, 1.165) is 17.7 Å². The molecule has 1 saturated carbocycles. The Hall–Kier alpha value is -2.47. The van der Waals surface area contributed by atoms with Crippen molar-refractivity contribution in [2.45, 2.75) is 39.3 Å². The van der Waals surface area contributed by atoms with Crippen LogP contribution in [0.2, 0.25) is 5.15 Å². The van der Waals surface area contributed by atoms with Gasteiger partial charge in [-0.15, -0.1) is 5.10 Å². The van der Waals surface area contributed by atoms with E-state index in [4.69, 9.17) is 25.8 Å². The molecular weight excluding hydrogens is 380 g/mol. The second-order valence-electron chi connectivity index (χ2n) is 6.90. The number of aromatic nitrogens is 2. The van der Waals surface area contributed by atoms with Crippen LogP contribution in [0.15, 0.2) is 30.5 Å². The molecule has 0 N–H and O–H groups in total. The molecule has 1 aromatic heterocycles. The highest BCUT2D eigenvalue weighted by Gasteiger charge is 2.22. The van der Waals surface area contributed by atoms with E-state index in [1.807, 2.05) is 35.9 Å². The van der Waals surface area contributed by atoms with Gasteiger partial charge in [0.05, 0.1) is 20.5 Å². The van der Waals surface area contributed by atoms with Crippen LogP contribution in [0, 0.1) is 12.8 Å². The molecule has 2 aromatic rings. The summed E-state index contributed by atoms with van der Waals surface area (Å²) >= 11 is 6.44. The van der Waals surface area contributed by atoms with Crippen molar-refractivity contribution in [1.29, 1.82) is 0 Å². The van der Waals surface area contributed by atoms with Gasteiger partial charge in [0.25, 0.3) is 0 Å². The summed E-state index contributed by atoms with van der Waals surface area (Å²) in [5.41, 5.74) is 2.66. The zero-order chi connectivity index (χ0) is 20.1. The van der Waals surface area contributed by atoms with Crippen LogP contribution >= 0.6 is 11.6 Å². The van der Waals surface area contributed by atoms with E-state index in [1.54, 1.807) is 0 Å². The van der Waals surface area contributed by atoms with Gasteiger partial charge in [-0.05, 0) is 36.8 Å². The van der Waals surface area contributed by atoms with Gasteiger partial charge in [0.2, 0.25) is 5.88 Å². The van der Waals surface area contributed by atoms with Crippen LogP contribution in [0.3, 0.4) is 0 Å². The average molecular weight is 405 g/mol. The molecular formula is C21H25ClN2O4. The first kappa shape index (κ1) is 20.3. The fourth-order valence-electron chi connectivity index (χ4n) is 3.19. The fourth-order valence-corrected chi connectivity index (χ4v) is 3.38. The molecule has 0 radical (unpaired) electrons. The Morgan fingerprint density at radius 3 is 2.71 bits per heavy atom. The summed E-state index contributed by atoms with van der Waals surface area (Å²) in [6.07, 6.45) is 5.10. The Kier molecular flexibility index (Phi) is 6.62. The number of benzene rings is 1. The first-order valence-electron chi connectivity index (χ1n) is 9.30. The van der Waals surface area contributed by atoms with Crippen LogP contribution in [-0.2, 0) is 27.4 Å². The van der Waals surface area contributed by atoms with Crippen LogP contribution in [0.5, 0.6) is 5.88 Å². The Bertz CT molecular complexity index is 871. The third-order valence-corrected chi connectivity index (χ3v) is 5.52. The lowest BCUT2D eigenvalue weighted by molar-refractivity contribution is -0.133. The number of hydrogen-bond acceptors (Lipinski definition) is 5. The summed E-state index contributed by atoms with van der Waals surface area (Å²) in [6, 6.07) is 7.46. The molecule has 0 aliphatic heterocycles. The van der Waals surface area contributed by atoms with Gasteiger partial charge < -0.3 is 14.2 Å². The van der Waals surface area contributed by atoms with Crippen molar-refractivity contribution in [2.24, 2.45) is 5.92 Å². The molecule has 3 rings (SSSR count). The molecule has 1 heterocycles. The van der Waals surface area contributed by atoms with Gasteiger partial charge in [0.1, 0.15) is 17.3 Å². The summed E-state index contributed by atoms with van der Waals surface area (Å²) in [5.74, 6) is 0.680. The zero-order valence-corrected chi connectivity index (χ0v) is 17.2. The first-order valence-corrected chi connectivity index (χ1v) is 9.68. The molecule has 7 heteroatoms. The number of nitrogens with zero attached hydrogens (tertiary/aromatic N) is 2. The standard InChI is InChI=1S/C21H25ClN2O4/c1-14-19(22)24(11-15-7-6-8-15)23-20(14)28-12-16-9-4-5-10-17(16)18(13-26-2)21(25)27-3/h4-5,9-10,13,15H,6-8,11-12H2,1-3H3/b18-13+.